The van der Waals surface area contributed by atoms with Crippen molar-refractivity contribution < 1.29 is 18.3 Å². The summed E-state index contributed by atoms with van der Waals surface area (Å²) in [4.78, 5) is -0.0638. The van der Waals surface area contributed by atoms with Crippen LogP contribution in [0.5, 0.6) is 17.2 Å². The third kappa shape index (κ3) is 3.26. The second-order valence-electron chi connectivity index (χ2n) is 5.36. The molecule has 24 heavy (non-hydrogen) atoms. The Morgan fingerprint density at radius 3 is 2.12 bits per heavy atom. The lowest BCUT2D eigenvalue weighted by atomic mass is 10.2. The minimum absolute atomic E-state index is 0.118. The van der Waals surface area contributed by atoms with E-state index in [9.17, 15) is 13.5 Å². The van der Waals surface area contributed by atoms with Crippen molar-refractivity contribution >= 4 is 9.84 Å². The molecule has 0 heterocycles. The quantitative estimate of drug-likeness (QED) is 0.768. The second-order valence-corrected chi connectivity index (χ2v) is 7.28. The van der Waals surface area contributed by atoms with Crippen molar-refractivity contribution in [2.75, 3.05) is 0 Å². The van der Waals surface area contributed by atoms with Crippen molar-refractivity contribution in [2.45, 2.75) is 16.7 Å². The van der Waals surface area contributed by atoms with Crippen molar-refractivity contribution in [3.05, 3.63) is 78.4 Å². The van der Waals surface area contributed by atoms with Crippen LogP contribution in [-0.4, -0.2) is 13.5 Å². The zero-order chi connectivity index (χ0) is 17.2. The van der Waals surface area contributed by atoms with Gasteiger partial charge in [-0.2, -0.15) is 0 Å². The number of hydrogen-bond donors (Lipinski definition) is 1. The number of sulfone groups is 1. The molecule has 0 saturated carbocycles. The predicted molar refractivity (Wildman–Crippen MR) is 91.3 cm³/mol. The molecule has 0 unspecified atom stereocenters. The molecule has 0 atom stereocenters. The Kier molecular flexibility index (Phi) is 4.27. The number of hydrogen-bond acceptors (Lipinski definition) is 4. The SMILES string of the molecule is Cc1ccc(Oc2ccc(O)c(S(=O)(=O)c3ccccc3)c2)cc1. The molecule has 0 aliphatic carbocycles. The molecule has 3 rings (SSSR count). The zero-order valence-corrected chi connectivity index (χ0v) is 13.8. The predicted octanol–water partition coefficient (Wildman–Crippen LogP) is 4.33. The van der Waals surface area contributed by atoms with E-state index in [1.165, 1.54) is 30.3 Å². The largest absolute Gasteiger partial charge is 0.507 e. The third-order valence-electron chi connectivity index (χ3n) is 3.53. The van der Waals surface area contributed by atoms with Crippen LogP contribution < -0.4 is 4.74 Å². The Bertz CT molecular complexity index is 946. The molecule has 122 valence electrons. The van der Waals surface area contributed by atoms with Crippen LogP contribution in [0.15, 0.2) is 82.6 Å². The minimum Gasteiger partial charge on any atom is -0.507 e. The minimum atomic E-state index is -3.82. The van der Waals surface area contributed by atoms with E-state index in [2.05, 4.69) is 0 Å². The van der Waals surface area contributed by atoms with Crippen LogP contribution in [-0.2, 0) is 9.84 Å². The van der Waals surface area contributed by atoms with Gasteiger partial charge in [0.2, 0.25) is 9.84 Å². The van der Waals surface area contributed by atoms with Crippen molar-refractivity contribution in [3.63, 3.8) is 0 Å². The van der Waals surface area contributed by atoms with Gasteiger partial charge in [-0.05, 0) is 43.3 Å². The van der Waals surface area contributed by atoms with Gasteiger partial charge in [0.1, 0.15) is 22.1 Å². The summed E-state index contributed by atoms with van der Waals surface area (Å²) in [6, 6.07) is 19.6. The highest BCUT2D eigenvalue weighted by atomic mass is 32.2. The normalized spacial score (nSPS) is 11.2. The zero-order valence-electron chi connectivity index (χ0n) is 13.0. The lowest BCUT2D eigenvalue weighted by Crippen LogP contribution is -2.02. The fraction of sp³-hybridized carbons (Fsp3) is 0.0526. The van der Waals surface area contributed by atoms with E-state index in [0.29, 0.717) is 11.5 Å². The lowest BCUT2D eigenvalue weighted by Gasteiger charge is -2.10. The average Bonchev–Trinajstić information content (AvgIpc) is 2.59. The highest BCUT2D eigenvalue weighted by molar-refractivity contribution is 7.91. The van der Waals surface area contributed by atoms with Gasteiger partial charge in [-0.3, -0.25) is 0 Å². The molecule has 4 nitrogen and oxygen atoms in total. The number of phenolic OH excluding ortho intramolecular Hbond substituents is 1. The molecule has 3 aromatic rings. The van der Waals surface area contributed by atoms with Crippen molar-refractivity contribution in [2.24, 2.45) is 0 Å². The maximum Gasteiger partial charge on any atom is 0.210 e. The molecular weight excluding hydrogens is 324 g/mol. The maximum absolute atomic E-state index is 12.7. The van der Waals surface area contributed by atoms with Gasteiger partial charge in [0.25, 0.3) is 0 Å². The highest BCUT2D eigenvalue weighted by Crippen LogP contribution is 2.33. The second kappa shape index (κ2) is 6.37. The molecule has 0 aliphatic heterocycles. The van der Waals surface area contributed by atoms with Crippen LogP contribution in [0.3, 0.4) is 0 Å². The first-order valence-corrected chi connectivity index (χ1v) is 8.83. The summed E-state index contributed by atoms with van der Waals surface area (Å²) < 4.78 is 31.1. The fourth-order valence-electron chi connectivity index (χ4n) is 2.24. The summed E-state index contributed by atoms with van der Waals surface area (Å²) in [5, 5.41) is 10.00. The molecule has 0 aliphatic rings. The van der Waals surface area contributed by atoms with Crippen LogP contribution in [0.2, 0.25) is 0 Å². The van der Waals surface area contributed by atoms with Crippen LogP contribution in [0.4, 0.5) is 0 Å². The van der Waals surface area contributed by atoms with Gasteiger partial charge in [0.05, 0.1) is 4.90 Å². The van der Waals surface area contributed by atoms with E-state index in [4.69, 9.17) is 4.74 Å². The van der Waals surface area contributed by atoms with E-state index >= 15 is 0 Å². The number of aryl methyl sites for hydroxylation is 1. The molecule has 0 radical (unpaired) electrons. The first kappa shape index (κ1) is 16.1. The summed E-state index contributed by atoms with van der Waals surface area (Å²) >= 11 is 0. The first-order valence-electron chi connectivity index (χ1n) is 7.34. The fourth-order valence-corrected chi connectivity index (χ4v) is 3.63. The smallest absolute Gasteiger partial charge is 0.210 e. The van der Waals surface area contributed by atoms with E-state index in [0.717, 1.165) is 5.56 Å². The van der Waals surface area contributed by atoms with Crippen LogP contribution in [0.25, 0.3) is 0 Å². The van der Waals surface area contributed by atoms with Crippen LogP contribution in [0, 0.1) is 6.92 Å². The molecule has 3 aromatic carbocycles. The van der Waals surface area contributed by atoms with Gasteiger partial charge < -0.3 is 9.84 Å². The summed E-state index contributed by atoms with van der Waals surface area (Å²) in [7, 11) is -3.82. The maximum atomic E-state index is 12.7. The lowest BCUT2D eigenvalue weighted by molar-refractivity contribution is 0.448. The highest BCUT2D eigenvalue weighted by Gasteiger charge is 2.22. The van der Waals surface area contributed by atoms with Gasteiger partial charge in [-0.15, -0.1) is 0 Å². The summed E-state index contributed by atoms with van der Waals surface area (Å²) in [5.41, 5.74) is 1.10. The first-order chi connectivity index (χ1) is 11.5. The molecular formula is C19H16O4S. The topological polar surface area (TPSA) is 63.6 Å². The standard InChI is InChI=1S/C19H16O4S/c1-14-7-9-15(10-8-14)23-16-11-12-18(20)19(13-16)24(21,22)17-5-3-2-4-6-17/h2-13,20H,1H3. The molecule has 0 bridgehead atoms. The molecule has 0 amide bonds. The van der Waals surface area contributed by atoms with Gasteiger partial charge in [-0.1, -0.05) is 35.9 Å². The van der Waals surface area contributed by atoms with E-state index in [1.54, 1.807) is 30.3 Å². The Labute approximate surface area is 140 Å². The molecule has 0 aromatic heterocycles. The molecule has 5 heteroatoms. The summed E-state index contributed by atoms with van der Waals surface area (Å²) in [6.07, 6.45) is 0. The summed E-state index contributed by atoms with van der Waals surface area (Å²) in [6.45, 7) is 1.97. The van der Waals surface area contributed by atoms with Crippen molar-refractivity contribution in [1.29, 1.82) is 0 Å². The van der Waals surface area contributed by atoms with Gasteiger partial charge in [0.15, 0.2) is 0 Å². The monoisotopic (exact) mass is 340 g/mol. The average molecular weight is 340 g/mol. The van der Waals surface area contributed by atoms with Crippen molar-refractivity contribution in [1.82, 2.24) is 0 Å². The molecule has 0 fully saturated rings. The van der Waals surface area contributed by atoms with E-state index in [-0.39, 0.29) is 15.5 Å². The van der Waals surface area contributed by atoms with E-state index in [1.807, 2.05) is 19.1 Å². The number of rotatable bonds is 4. The van der Waals surface area contributed by atoms with Crippen molar-refractivity contribution in [3.8, 4) is 17.2 Å². The van der Waals surface area contributed by atoms with Crippen LogP contribution >= 0.6 is 0 Å². The Morgan fingerprint density at radius 1 is 0.833 bits per heavy atom. The molecule has 1 N–H and O–H groups in total. The number of ether oxygens (including phenoxy) is 1. The Balaban J connectivity index is 1.99. The molecule has 0 spiro atoms. The van der Waals surface area contributed by atoms with E-state index < -0.39 is 9.84 Å². The van der Waals surface area contributed by atoms with Gasteiger partial charge in [-0.25, -0.2) is 8.42 Å². The third-order valence-corrected chi connectivity index (χ3v) is 5.33. The Morgan fingerprint density at radius 2 is 1.46 bits per heavy atom. The molecule has 0 saturated heterocycles. The number of phenols is 1. The van der Waals surface area contributed by atoms with Crippen LogP contribution in [0.1, 0.15) is 5.56 Å². The van der Waals surface area contributed by atoms with Gasteiger partial charge in [0, 0.05) is 6.07 Å². The Hall–Kier alpha value is -2.79. The number of aromatic hydroxyl groups is 1. The van der Waals surface area contributed by atoms with Gasteiger partial charge >= 0.3 is 0 Å². The summed E-state index contributed by atoms with van der Waals surface area (Å²) in [5.74, 6) is 0.621. The number of benzene rings is 3.